The van der Waals surface area contributed by atoms with Gasteiger partial charge in [0.05, 0.1) is 0 Å². The quantitative estimate of drug-likeness (QED) is 0.860. The second kappa shape index (κ2) is 7.43. The molecule has 3 heteroatoms. The zero-order valence-corrected chi connectivity index (χ0v) is 15.0. The highest BCUT2D eigenvalue weighted by atomic mass is 15.2. The Morgan fingerprint density at radius 3 is 2.29 bits per heavy atom. The van der Waals surface area contributed by atoms with E-state index in [-0.39, 0.29) is 0 Å². The Balaban J connectivity index is 1.93. The van der Waals surface area contributed by atoms with E-state index in [9.17, 15) is 0 Å². The molecule has 1 saturated carbocycles. The minimum atomic E-state index is 0.470. The molecule has 0 amide bonds. The molecule has 2 fully saturated rings. The maximum Gasteiger partial charge on any atom is 0.0110 e. The Hall–Kier alpha value is -0.120. The second-order valence-corrected chi connectivity index (χ2v) is 8.40. The van der Waals surface area contributed by atoms with E-state index in [4.69, 9.17) is 0 Å². The highest BCUT2D eigenvalue weighted by Gasteiger charge is 2.36. The van der Waals surface area contributed by atoms with Crippen LogP contribution in [0.1, 0.15) is 47.0 Å². The van der Waals surface area contributed by atoms with Gasteiger partial charge in [-0.25, -0.2) is 0 Å². The molecule has 0 bridgehead atoms. The van der Waals surface area contributed by atoms with Gasteiger partial charge in [0.1, 0.15) is 0 Å². The summed E-state index contributed by atoms with van der Waals surface area (Å²) in [4.78, 5) is 5.16. The van der Waals surface area contributed by atoms with E-state index in [2.05, 4.69) is 49.9 Å². The summed E-state index contributed by atoms with van der Waals surface area (Å²) >= 11 is 0. The van der Waals surface area contributed by atoms with Crippen molar-refractivity contribution in [2.75, 3.05) is 46.3 Å². The monoisotopic (exact) mass is 295 g/mol. The maximum absolute atomic E-state index is 3.77. The van der Waals surface area contributed by atoms with Crippen LogP contribution >= 0.6 is 0 Å². The molecule has 1 aliphatic heterocycles. The third-order valence-corrected chi connectivity index (χ3v) is 5.76. The van der Waals surface area contributed by atoms with Crippen LogP contribution in [-0.2, 0) is 0 Å². The zero-order valence-electron chi connectivity index (χ0n) is 15.0. The van der Waals surface area contributed by atoms with Gasteiger partial charge in [0.2, 0.25) is 0 Å². The molecule has 0 radical (unpaired) electrons. The van der Waals surface area contributed by atoms with Gasteiger partial charge in [-0.05, 0) is 50.1 Å². The number of hydrogen-bond donors (Lipinski definition) is 1. The van der Waals surface area contributed by atoms with Crippen molar-refractivity contribution < 1.29 is 0 Å². The highest BCUT2D eigenvalue weighted by molar-refractivity contribution is 4.90. The first-order valence-electron chi connectivity index (χ1n) is 9.04. The fourth-order valence-electron chi connectivity index (χ4n) is 4.15. The average molecular weight is 296 g/mol. The molecule has 3 nitrogen and oxygen atoms in total. The fourth-order valence-corrected chi connectivity index (χ4v) is 4.15. The van der Waals surface area contributed by atoms with Gasteiger partial charge in [-0.15, -0.1) is 0 Å². The molecule has 124 valence electrons. The Morgan fingerprint density at radius 2 is 1.71 bits per heavy atom. The van der Waals surface area contributed by atoms with E-state index < -0.39 is 0 Å². The smallest absolute Gasteiger partial charge is 0.0110 e. The van der Waals surface area contributed by atoms with E-state index in [0.717, 1.165) is 24.4 Å². The summed E-state index contributed by atoms with van der Waals surface area (Å²) in [6.45, 7) is 16.9. The molecule has 2 aliphatic rings. The molecule has 0 aromatic rings. The van der Waals surface area contributed by atoms with Crippen molar-refractivity contribution in [1.82, 2.24) is 15.1 Å². The fraction of sp³-hybridized carbons (Fsp3) is 1.00. The summed E-state index contributed by atoms with van der Waals surface area (Å²) in [7, 11) is 2.25. The highest BCUT2D eigenvalue weighted by Crippen LogP contribution is 2.40. The molecule has 2 rings (SSSR count). The van der Waals surface area contributed by atoms with Crippen LogP contribution in [0.2, 0.25) is 0 Å². The zero-order chi connectivity index (χ0) is 15.5. The first-order chi connectivity index (χ1) is 9.90. The Kier molecular flexibility index (Phi) is 6.10. The summed E-state index contributed by atoms with van der Waals surface area (Å²) in [5, 5.41) is 3.77. The van der Waals surface area contributed by atoms with Crippen LogP contribution in [0.3, 0.4) is 0 Å². The molecular formula is C18H37N3. The number of piperazine rings is 1. The van der Waals surface area contributed by atoms with Gasteiger partial charge in [-0.1, -0.05) is 27.7 Å². The largest absolute Gasteiger partial charge is 0.314 e. The number of nitrogens with zero attached hydrogens (tertiary/aromatic N) is 2. The van der Waals surface area contributed by atoms with E-state index in [1.165, 1.54) is 52.0 Å². The summed E-state index contributed by atoms with van der Waals surface area (Å²) in [5.74, 6) is 1.73. The maximum atomic E-state index is 3.77. The number of nitrogens with one attached hydrogen (secondary N) is 1. The molecule has 1 heterocycles. The normalized spacial score (nSPS) is 33.3. The van der Waals surface area contributed by atoms with Gasteiger partial charge in [-0.3, -0.25) is 0 Å². The Morgan fingerprint density at radius 1 is 1.05 bits per heavy atom. The first kappa shape index (κ1) is 17.2. The third-order valence-electron chi connectivity index (χ3n) is 5.76. The lowest BCUT2D eigenvalue weighted by Gasteiger charge is -2.44. The topological polar surface area (TPSA) is 18.5 Å². The Bertz CT molecular complexity index is 302. The van der Waals surface area contributed by atoms with Gasteiger partial charge < -0.3 is 15.1 Å². The lowest BCUT2D eigenvalue weighted by Crippen LogP contribution is -2.51. The van der Waals surface area contributed by atoms with Crippen LogP contribution in [0.5, 0.6) is 0 Å². The molecule has 3 unspecified atom stereocenters. The molecule has 1 N–H and O–H groups in total. The van der Waals surface area contributed by atoms with Gasteiger partial charge in [0.15, 0.2) is 0 Å². The van der Waals surface area contributed by atoms with Crippen molar-refractivity contribution in [3.05, 3.63) is 0 Å². The van der Waals surface area contributed by atoms with Crippen molar-refractivity contribution in [3.63, 3.8) is 0 Å². The minimum absolute atomic E-state index is 0.470. The van der Waals surface area contributed by atoms with Crippen molar-refractivity contribution in [2.24, 2.45) is 17.3 Å². The lowest BCUT2D eigenvalue weighted by atomic mass is 9.67. The molecule has 1 saturated heterocycles. The summed E-state index contributed by atoms with van der Waals surface area (Å²) in [5.41, 5.74) is 0.470. The van der Waals surface area contributed by atoms with Crippen LogP contribution in [0.25, 0.3) is 0 Å². The Labute approximate surface area is 132 Å². The second-order valence-electron chi connectivity index (χ2n) is 8.40. The van der Waals surface area contributed by atoms with Gasteiger partial charge in [-0.2, -0.15) is 0 Å². The van der Waals surface area contributed by atoms with Gasteiger partial charge in [0, 0.05) is 38.8 Å². The SMILES string of the molecule is CCNC1CCC(C(C)(C)C)CC1CN1CCN(C)CC1. The summed E-state index contributed by atoms with van der Waals surface area (Å²) < 4.78 is 0. The third kappa shape index (κ3) is 4.94. The van der Waals surface area contributed by atoms with Crippen molar-refractivity contribution in [2.45, 2.75) is 53.0 Å². The molecule has 1 aliphatic carbocycles. The van der Waals surface area contributed by atoms with E-state index >= 15 is 0 Å². The van der Waals surface area contributed by atoms with E-state index in [1.54, 1.807) is 0 Å². The van der Waals surface area contributed by atoms with Crippen molar-refractivity contribution in [3.8, 4) is 0 Å². The van der Waals surface area contributed by atoms with Crippen LogP contribution in [0, 0.1) is 17.3 Å². The van der Waals surface area contributed by atoms with Crippen LogP contribution in [-0.4, -0.2) is 62.2 Å². The van der Waals surface area contributed by atoms with Crippen LogP contribution < -0.4 is 5.32 Å². The standard InChI is InChI=1S/C18H37N3/c1-6-19-17-8-7-16(18(2,3)4)13-15(17)14-21-11-9-20(5)10-12-21/h15-17,19H,6-14H2,1-5H3. The lowest BCUT2D eigenvalue weighted by molar-refractivity contribution is 0.0701. The average Bonchev–Trinajstić information content (AvgIpc) is 2.42. The van der Waals surface area contributed by atoms with Crippen LogP contribution in [0.4, 0.5) is 0 Å². The number of rotatable bonds is 4. The molecule has 0 spiro atoms. The van der Waals surface area contributed by atoms with Crippen LogP contribution in [0.15, 0.2) is 0 Å². The predicted molar refractivity (Wildman–Crippen MR) is 91.7 cm³/mol. The van der Waals surface area contributed by atoms with E-state index in [1.807, 2.05) is 0 Å². The van der Waals surface area contributed by atoms with Crippen molar-refractivity contribution >= 4 is 0 Å². The van der Waals surface area contributed by atoms with E-state index in [0.29, 0.717) is 5.41 Å². The number of hydrogen-bond acceptors (Lipinski definition) is 3. The summed E-state index contributed by atoms with van der Waals surface area (Å²) in [6.07, 6.45) is 4.18. The molecule has 21 heavy (non-hydrogen) atoms. The van der Waals surface area contributed by atoms with Crippen molar-refractivity contribution in [1.29, 1.82) is 0 Å². The first-order valence-corrected chi connectivity index (χ1v) is 9.04. The molecule has 0 aromatic heterocycles. The number of likely N-dealkylation sites (N-methyl/N-ethyl adjacent to an activating group) is 1. The molecule has 3 atom stereocenters. The van der Waals surface area contributed by atoms with Gasteiger partial charge in [0.25, 0.3) is 0 Å². The molecular weight excluding hydrogens is 258 g/mol. The summed E-state index contributed by atoms with van der Waals surface area (Å²) in [6, 6.07) is 0.744. The predicted octanol–water partition coefficient (Wildman–Crippen LogP) is 2.67. The minimum Gasteiger partial charge on any atom is -0.314 e. The van der Waals surface area contributed by atoms with Gasteiger partial charge >= 0.3 is 0 Å². The molecule has 0 aromatic carbocycles.